The third-order valence-electron chi connectivity index (χ3n) is 7.85. The highest BCUT2D eigenvalue weighted by Crippen LogP contribution is 2.41. The normalized spacial score (nSPS) is 12.4. The van der Waals surface area contributed by atoms with E-state index in [1.54, 1.807) is 48.5 Å². The van der Waals surface area contributed by atoms with Gasteiger partial charge in [-0.25, -0.2) is 17.5 Å². The summed E-state index contributed by atoms with van der Waals surface area (Å²) in [5.41, 5.74) is 2.32. The number of fused-ring (bicyclic) bond motifs is 2. The second kappa shape index (κ2) is 11.8. The third-order valence-corrected chi connectivity index (χ3v) is 9.04. The van der Waals surface area contributed by atoms with Crippen LogP contribution in [0.2, 0.25) is 0 Å². The van der Waals surface area contributed by atoms with Crippen LogP contribution in [0.5, 0.6) is 0 Å². The van der Waals surface area contributed by atoms with Crippen molar-refractivity contribution in [3.8, 4) is 22.5 Å². The average molecular weight is 642 g/mol. The zero-order valence-electron chi connectivity index (χ0n) is 24.9. The summed E-state index contributed by atoms with van der Waals surface area (Å²) in [4.78, 5) is 27.0. The molecule has 1 atom stereocenters. The molecule has 1 unspecified atom stereocenters. The Morgan fingerprint density at radius 3 is 2.37 bits per heavy atom. The number of carbonyl (C=O) groups is 1. The first-order chi connectivity index (χ1) is 22.0. The first-order valence-electron chi connectivity index (χ1n) is 14.1. The van der Waals surface area contributed by atoms with Crippen LogP contribution in [0.3, 0.4) is 0 Å². The van der Waals surface area contributed by atoms with Crippen LogP contribution in [-0.2, 0) is 10.0 Å². The van der Waals surface area contributed by atoms with Gasteiger partial charge < -0.3 is 14.8 Å². The van der Waals surface area contributed by atoms with Gasteiger partial charge in [-0.05, 0) is 53.6 Å². The number of sulfonamides is 1. The molecule has 0 bridgehead atoms. The predicted molar refractivity (Wildman–Crippen MR) is 173 cm³/mol. The number of rotatable bonds is 8. The maximum absolute atomic E-state index is 13.8. The minimum absolute atomic E-state index is 0.168. The van der Waals surface area contributed by atoms with Crippen LogP contribution in [0.25, 0.3) is 44.3 Å². The molecule has 1 amide bonds. The number of amides is 1. The fourth-order valence-corrected chi connectivity index (χ4v) is 5.89. The van der Waals surface area contributed by atoms with Gasteiger partial charge in [0.15, 0.2) is 0 Å². The van der Waals surface area contributed by atoms with Gasteiger partial charge in [0.2, 0.25) is 10.0 Å². The quantitative estimate of drug-likeness (QED) is 0.249. The molecule has 0 aliphatic rings. The van der Waals surface area contributed by atoms with E-state index in [0.29, 0.717) is 33.2 Å². The summed E-state index contributed by atoms with van der Waals surface area (Å²) in [6, 6.07) is 21.6. The number of benzene rings is 4. The summed E-state index contributed by atoms with van der Waals surface area (Å²) in [5, 5.41) is 21.6. The van der Waals surface area contributed by atoms with E-state index in [1.165, 1.54) is 44.4 Å². The zero-order valence-corrected chi connectivity index (χ0v) is 25.7. The van der Waals surface area contributed by atoms with Crippen LogP contribution in [0.4, 0.5) is 10.1 Å². The molecule has 46 heavy (non-hydrogen) atoms. The fraction of sp³-hybridized carbons (Fsp3) is 0.152. The van der Waals surface area contributed by atoms with Crippen molar-refractivity contribution in [1.82, 2.24) is 20.3 Å². The van der Waals surface area contributed by atoms with Crippen LogP contribution in [0, 0.1) is 5.82 Å². The molecule has 0 radical (unpaired) electrons. The van der Waals surface area contributed by atoms with Gasteiger partial charge in [0.25, 0.3) is 11.5 Å². The van der Waals surface area contributed by atoms with Gasteiger partial charge in [-0.15, -0.1) is 5.10 Å². The lowest BCUT2D eigenvalue weighted by Gasteiger charge is -2.21. The van der Waals surface area contributed by atoms with Gasteiger partial charge in [0, 0.05) is 36.7 Å². The molecular formula is C33H28FN5O6S. The number of aliphatic hydroxyl groups is 1. The number of aliphatic hydroxyl groups excluding tert-OH is 1. The van der Waals surface area contributed by atoms with Crippen molar-refractivity contribution in [1.29, 1.82) is 0 Å². The Balaban J connectivity index is 1.62. The van der Waals surface area contributed by atoms with Crippen molar-refractivity contribution >= 4 is 43.5 Å². The topological polar surface area (TPSA) is 148 Å². The highest BCUT2D eigenvalue weighted by Gasteiger charge is 2.26. The van der Waals surface area contributed by atoms with Gasteiger partial charge in [-0.1, -0.05) is 41.6 Å². The molecule has 0 aliphatic carbocycles. The largest absolute Gasteiger partial charge is 0.455 e. The number of anilines is 1. The van der Waals surface area contributed by atoms with Crippen molar-refractivity contribution in [2.45, 2.75) is 6.04 Å². The van der Waals surface area contributed by atoms with E-state index in [-0.39, 0.29) is 28.0 Å². The van der Waals surface area contributed by atoms with E-state index in [9.17, 15) is 27.5 Å². The van der Waals surface area contributed by atoms with Gasteiger partial charge in [0.05, 0.1) is 29.5 Å². The minimum Gasteiger partial charge on any atom is -0.455 e. The molecule has 0 aliphatic heterocycles. The predicted octanol–water partition coefficient (Wildman–Crippen LogP) is 4.35. The molecule has 11 nitrogen and oxygen atoms in total. The first kappa shape index (κ1) is 30.6. The summed E-state index contributed by atoms with van der Waals surface area (Å²) in [5.74, 6) is -0.761. The summed E-state index contributed by atoms with van der Waals surface area (Å²) >= 11 is 0. The lowest BCUT2D eigenvalue weighted by atomic mass is 9.97. The molecule has 13 heteroatoms. The first-order valence-corrected chi connectivity index (χ1v) is 15.9. The molecule has 2 heterocycles. The molecule has 4 aromatic carbocycles. The Bertz CT molecular complexity index is 2290. The van der Waals surface area contributed by atoms with E-state index >= 15 is 0 Å². The third kappa shape index (κ3) is 5.39. The molecule has 2 N–H and O–H groups in total. The van der Waals surface area contributed by atoms with Gasteiger partial charge in [0.1, 0.15) is 28.7 Å². The van der Waals surface area contributed by atoms with Crippen molar-refractivity contribution < 1.29 is 27.1 Å². The Morgan fingerprint density at radius 2 is 1.72 bits per heavy atom. The van der Waals surface area contributed by atoms with E-state index < -0.39 is 40.0 Å². The molecular weight excluding hydrogens is 613 g/mol. The number of halogens is 1. The number of hydrogen-bond donors (Lipinski definition) is 2. The zero-order chi connectivity index (χ0) is 32.7. The summed E-state index contributed by atoms with van der Waals surface area (Å²) in [6.07, 6.45) is 1.05. The molecule has 2 aromatic heterocycles. The van der Waals surface area contributed by atoms with Crippen molar-refractivity contribution in [2.75, 3.05) is 31.3 Å². The lowest BCUT2D eigenvalue weighted by molar-refractivity contribution is 0.0964. The Hall–Kier alpha value is -5.40. The molecule has 0 spiro atoms. The number of aromatic nitrogens is 3. The summed E-state index contributed by atoms with van der Waals surface area (Å²) in [7, 11) is -0.935. The Kier molecular flexibility index (Phi) is 7.88. The fourth-order valence-electron chi connectivity index (χ4n) is 5.38. The number of carbonyl (C=O) groups excluding carboxylic acids is 1. The molecule has 0 fully saturated rings. The second-order valence-corrected chi connectivity index (χ2v) is 12.7. The molecule has 6 aromatic rings. The van der Waals surface area contributed by atoms with E-state index in [4.69, 9.17) is 4.42 Å². The molecule has 0 saturated heterocycles. The maximum Gasteiger partial charge on any atom is 0.278 e. The van der Waals surface area contributed by atoms with Gasteiger partial charge in [-0.2, -0.15) is 0 Å². The Labute approximate surface area is 262 Å². The number of hydrogen-bond acceptors (Lipinski definition) is 8. The smallest absolute Gasteiger partial charge is 0.278 e. The van der Waals surface area contributed by atoms with Crippen LogP contribution in [-0.4, -0.2) is 61.4 Å². The number of nitrogens with zero attached hydrogens (tertiary/aromatic N) is 4. The molecule has 0 saturated carbocycles. The second-order valence-electron chi connectivity index (χ2n) is 10.7. The van der Waals surface area contributed by atoms with E-state index in [0.717, 1.165) is 15.2 Å². The molecule has 6 rings (SSSR count). The van der Waals surface area contributed by atoms with Crippen molar-refractivity contribution in [2.24, 2.45) is 0 Å². The number of nitrogens with one attached hydrogen (secondary N) is 1. The minimum atomic E-state index is -3.78. The van der Waals surface area contributed by atoms with Gasteiger partial charge in [-0.3, -0.25) is 13.9 Å². The Morgan fingerprint density at radius 1 is 1.02 bits per heavy atom. The standard InChI is InChI=1S/C33H28FN5O6S/c1-35-32(41)30-25-16-23(27(38(2)46(3,43)44)17-29(25)45-31(30)20-9-12-22(34)13-10-20)21-11-14-26-24(15-21)33(42)39(37-36-26)28(18-40)19-7-5-4-6-8-19/h4-17,28,40H,18H2,1-3H3,(H,35,41). The monoisotopic (exact) mass is 641 g/mol. The number of furan rings is 1. The highest BCUT2D eigenvalue weighted by atomic mass is 32.2. The van der Waals surface area contributed by atoms with Crippen molar-refractivity contribution in [3.05, 3.63) is 112 Å². The van der Waals surface area contributed by atoms with Crippen LogP contribution < -0.4 is 15.2 Å². The van der Waals surface area contributed by atoms with E-state index in [2.05, 4.69) is 15.6 Å². The van der Waals surface area contributed by atoms with Crippen LogP contribution >= 0.6 is 0 Å². The van der Waals surface area contributed by atoms with Crippen LogP contribution in [0.1, 0.15) is 22.0 Å². The maximum atomic E-state index is 13.8. The summed E-state index contributed by atoms with van der Waals surface area (Å²) in [6.45, 7) is -0.400. The molecule has 234 valence electrons. The van der Waals surface area contributed by atoms with Crippen molar-refractivity contribution in [3.63, 3.8) is 0 Å². The lowest BCUT2D eigenvalue weighted by Crippen LogP contribution is -2.31. The average Bonchev–Trinajstić information content (AvgIpc) is 3.43. The van der Waals surface area contributed by atoms with E-state index in [1.807, 2.05) is 6.07 Å². The summed E-state index contributed by atoms with van der Waals surface area (Å²) < 4.78 is 47.6. The van der Waals surface area contributed by atoms with Crippen LogP contribution in [0.15, 0.2) is 94.1 Å². The SMILES string of the molecule is CNC(=O)c1c(-c2ccc(F)cc2)oc2cc(N(C)S(C)(=O)=O)c(-c3ccc4nnn(C(CO)c5ccccc5)c(=O)c4c3)cc12. The van der Waals surface area contributed by atoms with Gasteiger partial charge >= 0.3 is 0 Å². The highest BCUT2D eigenvalue weighted by molar-refractivity contribution is 7.92.